The first-order valence-electron chi connectivity index (χ1n) is 13.1. The smallest absolute Gasteiger partial charge is 0.387 e. The SMILES string of the molecule is CC(F)(F)c1nc(C23CCC(CN(C(=O)CC45CC(F)(C4)C5)c4cccc(OC(F)F)c4)(CC2)CC3)no1. The molecule has 38 heavy (non-hydrogen) atoms. The predicted molar refractivity (Wildman–Crippen MR) is 126 cm³/mol. The highest BCUT2D eigenvalue weighted by molar-refractivity contribution is 5.94. The number of halogens is 5. The van der Waals surface area contributed by atoms with Gasteiger partial charge in [-0.3, -0.25) is 4.79 Å². The summed E-state index contributed by atoms with van der Waals surface area (Å²) in [6, 6.07) is 6.14. The van der Waals surface area contributed by atoms with E-state index in [1.54, 1.807) is 17.0 Å². The maximum atomic E-state index is 14.1. The van der Waals surface area contributed by atoms with Crippen LogP contribution >= 0.6 is 0 Å². The number of carbonyl (C=O) groups is 1. The molecule has 0 aliphatic heterocycles. The maximum absolute atomic E-state index is 14.1. The number of hydrogen-bond donors (Lipinski definition) is 0. The fraction of sp³-hybridized carbons (Fsp3) is 0.667. The molecule has 0 spiro atoms. The lowest BCUT2D eigenvalue weighted by Gasteiger charge is -2.66. The van der Waals surface area contributed by atoms with Crippen LogP contribution in [0.5, 0.6) is 5.75 Å². The van der Waals surface area contributed by atoms with Gasteiger partial charge in [0.1, 0.15) is 11.4 Å². The molecule has 11 heteroatoms. The summed E-state index contributed by atoms with van der Waals surface area (Å²) in [5.74, 6) is -3.76. The first-order valence-corrected chi connectivity index (χ1v) is 13.1. The molecule has 0 unspecified atom stereocenters. The van der Waals surface area contributed by atoms with Crippen LogP contribution in [-0.2, 0) is 16.1 Å². The zero-order chi connectivity index (χ0) is 27.0. The van der Waals surface area contributed by atoms with Crippen LogP contribution in [0.1, 0.15) is 82.8 Å². The molecule has 6 fully saturated rings. The van der Waals surface area contributed by atoms with Gasteiger partial charge in [-0.2, -0.15) is 22.5 Å². The zero-order valence-electron chi connectivity index (χ0n) is 21.1. The van der Waals surface area contributed by atoms with Gasteiger partial charge >= 0.3 is 12.5 Å². The Balaban J connectivity index is 1.22. The molecule has 1 heterocycles. The Morgan fingerprint density at radius 2 is 1.76 bits per heavy atom. The van der Waals surface area contributed by atoms with E-state index in [0.717, 1.165) is 26.2 Å². The third-order valence-corrected chi connectivity index (χ3v) is 9.43. The fourth-order valence-electron chi connectivity index (χ4n) is 7.40. The molecule has 206 valence electrons. The van der Waals surface area contributed by atoms with E-state index in [1.165, 1.54) is 12.1 Å². The van der Waals surface area contributed by atoms with Crippen LogP contribution in [0.15, 0.2) is 28.8 Å². The number of ether oxygens (including phenoxy) is 1. The minimum atomic E-state index is -3.21. The second kappa shape index (κ2) is 8.39. The van der Waals surface area contributed by atoms with Crippen molar-refractivity contribution in [3.8, 4) is 5.75 Å². The quantitative estimate of drug-likeness (QED) is 0.332. The number of benzene rings is 1. The summed E-state index contributed by atoms with van der Waals surface area (Å²) in [7, 11) is 0. The Bertz CT molecular complexity index is 1200. The highest BCUT2D eigenvalue weighted by Crippen LogP contribution is 2.71. The van der Waals surface area contributed by atoms with E-state index in [4.69, 9.17) is 4.52 Å². The average Bonchev–Trinajstić information content (AvgIpc) is 3.34. The molecule has 6 nitrogen and oxygen atoms in total. The maximum Gasteiger partial charge on any atom is 0.387 e. The lowest BCUT2D eigenvalue weighted by molar-refractivity contribution is -0.215. The Kier molecular flexibility index (Phi) is 5.64. The third kappa shape index (κ3) is 4.35. The second-order valence-corrected chi connectivity index (χ2v) is 12.3. The molecule has 4 bridgehead atoms. The monoisotopic (exact) mass is 539 g/mol. The number of nitrogens with zero attached hydrogens (tertiary/aromatic N) is 3. The molecule has 1 aromatic heterocycles. The van der Waals surface area contributed by atoms with Gasteiger partial charge in [-0.05, 0) is 80.8 Å². The summed E-state index contributed by atoms with van der Waals surface area (Å²) in [5, 5.41) is 3.90. The lowest BCUT2D eigenvalue weighted by Crippen LogP contribution is -2.65. The molecule has 0 N–H and O–H groups in total. The van der Waals surface area contributed by atoms with Gasteiger partial charge in [0.25, 0.3) is 5.89 Å². The van der Waals surface area contributed by atoms with Gasteiger partial charge in [-0.1, -0.05) is 11.2 Å². The molecule has 6 aliphatic carbocycles. The van der Waals surface area contributed by atoms with Crippen LogP contribution in [0.4, 0.5) is 27.6 Å². The van der Waals surface area contributed by atoms with E-state index < -0.39 is 29.5 Å². The van der Waals surface area contributed by atoms with Crippen LogP contribution < -0.4 is 9.64 Å². The summed E-state index contributed by atoms with van der Waals surface area (Å²) in [4.78, 5) is 19.3. The van der Waals surface area contributed by atoms with Gasteiger partial charge in [-0.15, -0.1) is 0 Å². The van der Waals surface area contributed by atoms with Crippen LogP contribution in [0.2, 0.25) is 0 Å². The minimum absolute atomic E-state index is 0.0343. The van der Waals surface area contributed by atoms with Crippen molar-refractivity contribution in [2.75, 3.05) is 11.4 Å². The number of fused-ring (bicyclic) bond motifs is 3. The Labute approximate surface area is 216 Å². The van der Waals surface area contributed by atoms with Gasteiger partial charge in [0.05, 0.1) is 0 Å². The molecule has 6 aliphatic rings. The van der Waals surface area contributed by atoms with E-state index in [9.17, 15) is 26.7 Å². The van der Waals surface area contributed by atoms with Gasteiger partial charge in [0, 0.05) is 37.1 Å². The number of anilines is 1. The molecule has 0 radical (unpaired) electrons. The number of alkyl halides is 5. The van der Waals surface area contributed by atoms with Crippen LogP contribution in [-0.4, -0.2) is 34.9 Å². The van der Waals surface area contributed by atoms with E-state index in [0.29, 0.717) is 56.6 Å². The molecular formula is C27H30F5N3O3. The summed E-state index contributed by atoms with van der Waals surface area (Å²) in [5.41, 5.74) is -1.61. The second-order valence-electron chi connectivity index (χ2n) is 12.3. The summed E-state index contributed by atoms with van der Waals surface area (Å²) in [6.07, 6.45) is 5.61. The first kappa shape index (κ1) is 25.6. The normalized spacial score (nSPS) is 33.6. The largest absolute Gasteiger partial charge is 0.435 e. The Morgan fingerprint density at radius 1 is 1.11 bits per heavy atom. The lowest BCUT2D eigenvalue weighted by atomic mass is 9.41. The Morgan fingerprint density at radius 3 is 2.32 bits per heavy atom. The molecule has 6 saturated carbocycles. The van der Waals surface area contributed by atoms with Gasteiger partial charge in [0.15, 0.2) is 5.82 Å². The van der Waals surface area contributed by atoms with Crippen molar-refractivity contribution in [2.45, 2.75) is 94.7 Å². The van der Waals surface area contributed by atoms with Gasteiger partial charge in [-0.25, -0.2) is 4.39 Å². The third-order valence-electron chi connectivity index (χ3n) is 9.43. The van der Waals surface area contributed by atoms with Crippen LogP contribution in [0.25, 0.3) is 0 Å². The fourth-order valence-corrected chi connectivity index (χ4v) is 7.40. The predicted octanol–water partition coefficient (Wildman–Crippen LogP) is 6.69. The number of hydrogen-bond acceptors (Lipinski definition) is 5. The van der Waals surface area contributed by atoms with Crippen molar-refractivity contribution < 1.29 is 36.0 Å². The molecule has 2 aromatic rings. The van der Waals surface area contributed by atoms with Gasteiger partial charge in [0.2, 0.25) is 5.91 Å². The molecule has 1 aromatic carbocycles. The van der Waals surface area contributed by atoms with E-state index >= 15 is 0 Å². The van der Waals surface area contributed by atoms with Crippen molar-refractivity contribution >= 4 is 11.6 Å². The average molecular weight is 540 g/mol. The van der Waals surface area contributed by atoms with Crippen molar-refractivity contribution in [3.05, 3.63) is 36.0 Å². The highest BCUT2D eigenvalue weighted by Gasteiger charge is 2.69. The van der Waals surface area contributed by atoms with Crippen molar-refractivity contribution in [1.29, 1.82) is 0 Å². The number of aromatic nitrogens is 2. The number of amides is 1. The summed E-state index contributed by atoms with van der Waals surface area (Å²) in [6.45, 7) is -1.87. The zero-order valence-corrected chi connectivity index (χ0v) is 21.1. The first-order chi connectivity index (χ1) is 17.8. The van der Waals surface area contributed by atoms with Crippen molar-refractivity contribution in [2.24, 2.45) is 10.8 Å². The number of carbonyl (C=O) groups excluding carboxylic acids is 1. The molecule has 0 atom stereocenters. The molecule has 1 amide bonds. The van der Waals surface area contributed by atoms with Crippen LogP contribution in [0, 0.1) is 10.8 Å². The van der Waals surface area contributed by atoms with Crippen molar-refractivity contribution in [1.82, 2.24) is 10.1 Å². The van der Waals surface area contributed by atoms with Crippen LogP contribution in [0.3, 0.4) is 0 Å². The Hall–Kier alpha value is -2.72. The number of rotatable bonds is 9. The van der Waals surface area contributed by atoms with Crippen molar-refractivity contribution in [3.63, 3.8) is 0 Å². The molecular weight excluding hydrogens is 509 g/mol. The van der Waals surface area contributed by atoms with E-state index in [2.05, 4.69) is 14.9 Å². The summed E-state index contributed by atoms with van der Waals surface area (Å²) >= 11 is 0. The van der Waals surface area contributed by atoms with Gasteiger partial charge < -0.3 is 14.2 Å². The molecule has 0 saturated heterocycles. The standard InChI is InChI=1S/C27H30F5N3O3/c1-23(30,31)21-33-20(34-38-21)26-8-5-24(6-9-26,7-10-26)16-35(17-3-2-4-18(11-17)37-22(28)29)19(36)12-25-13-27(32,14-25)15-25/h2-4,11,22H,5-10,12-16H2,1H3. The van der Waals surface area contributed by atoms with E-state index in [-0.39, 0.29) is 28.9 Å². The highest BCUT2D eigenvalue weighted by atomic mass is 19.3. The molecule has 8 rings (SSSR count). The topological polar surface area (TPSA) is 68.5 Å². The minimum Gasteiger partial charge on any atom is -0.435 e. The van der Waals surface area contributed by atoms with E-state index in [1.807, 2.05) is 0 Å². The summed E-state index contributed by atoms with van der Waals surface area (Å²) < 4.78 is 76.7.